The van der Waals surface area contributed by atoms with Crippen LogP contribution < -0.4 is 5.32 Å². The molecular formula is C17H13N5O. The Hall–Kier alpha value is -3.46. The van der Waals surface area contributed by atoms with E-state index >= 15 is 0 Å². The largest absolute Gasteiger partial charge is 0.321 e. The zero-order valence-electron chi connectivity index (χ0n) is 12.4. The van der Waals surface area contributed by atoms with Crippen molar-refractivity contribution >= 4 is 11.6 Å². The number of rotatable bonds is 3. The van der Waals surface area contributed by atoms with Gasteiger partial charge >= 0.3 is 0 Å². The van der Waals surface area contributed by atoms with E-state index in [4.69, 9.17) is 5.26 Å². The van der Waals surface area contributed by atoms with Crippen molar-refractivity contribution < 1.29 is 4.79 Å². The number of benzene rings is 2. The minimum atomic E-state index is -0.269. The van der Waals surface area contributed by atoms with Crippen molar-refractivity contribution in [2.24, 2.45) is 0 Å². The molecule has 0 radical (unpaired) electrons. The van der Waals surface area contributed by atoms with Gasteiger partial charge in [0.15, 0.2) is 0 Å². The minimum Gasteiger partial charge on any atom is -0.321 e. The Labute approximate surface area is 133 Å². The Kier molecular flexibility index (Phi) is 3.85. The molecule has 3 aromatic rings. The maximum Gasteiger partial charge on any atom is 0.255 e. The zero-order chi connectivity index (χ0) is 16.2. The summed E-state index contributed by atoms with van der Waals surface area (Å²) >= 11 is 0. The number of aromatic nitrogens is 3. The molecule has 1 amide bonds. The van der Waals surface area contributed by atoms with Crippen molar-refractivity contribution in [2.75, 3.05) is 5.32 Å². The molecule has 0 saturated heterocycles. The predicted molar refractivity (Wildman–Crippen MR) is 85.2 cm³/mol. The Bertz CT molecular complexity index is 890. The number of nitrogens with zero attached hydrogens (tertiary/aromatic N) is 4. The lowest BCUT2D eigenvalue weighted by molar-refractivity contribution is 0.102. The van der Waals surface area contributed by atoms with Crippen molar-refractivity contribution in [3.8, 4) is 11.8 Å². The number of carbonyl (C=O) groups excluding carboxylic acids is 1. The third-order valence-electron chi connectivity index (χ3n) is 3.39. The van der Waals surface area contributed by atoms with E-state index in [1.807, 2.05) is 6.92 Å². The van der Waals surface area contributed by atoms with Gasteiger partial charge in [-0.2, -0.15) is 5.26 Å². The van der Waals surface area contributed by atoms with Crippen LogP contribution >= 0.6 is 0 Å². The topological polar surface area (TPSA) is 83.6 Å². The molecule has 0 fully saturated rings. The molecular weight excluding hydrogens is 290 g/mol. The van der Waals surface area contributed by atoms with Gasteiger partial charge in [0.1, 0.15) is 6.07 Å². The zero-order valence-corrected chi connectivity index (χ0v) is 12.4. The average Bonchev–Trinajstić information content (AvgIpc) is 3.01. The lowest BCUT2D eigenvalue weighted by atomic mass is 10.1. The quantitative estimate of drug-likeness (QED) is 0.806. The molecule has 0 bridgehead atoms. The smallest absolute Gasteiger partial charge is 0.255 e. The highest BCUT2D eigenvalue weighted by Gasteiger charge is 2.09. The maximum atomic E-state index is 12.3. The van der Waals surface area contributed by atoms with Crippen molar-refractivity contribution in [3.05, 3.63) is 71.5 Å². The van der Waals surface area contributed by atoms with E-state index in [0.29, 0.717) is 16.8 Å². The van der Waals surface area contributed by atoms with Crippen LogP contribution in [0.5, 0.6) is 0 Å². The van der Waals surface area contributed by atoms with Crippen LogP contribution in [0.25, 0.3) is 5.69 Å². The second-order valence-corrected chi connectivity index (χ2v) is 4.95. The van der Waals surface area contributed by atoms with E-state index in [2.05, 4.69) is 21.7 Å². The van der Waals surface area contributed by atoms with Crippen LogP contribution in [0.1, 0.15) is 21.6 Å². The molecule has 0 spiro atoms. The third kappa shape index (κ3) is 2.94. The van der Waals surface area contributed by atoms with Gasteiger partial charge in [-0.3, -0.25) is 4.79 Å². The van der Waals surface area contributed by atoms with Crippen molar-refractivity contribution in [2.45, 2.75) is 6.92 Å². The molecule has 2 aromatic carbocycles. The van der Waals surface area contributed by atoms with Gasteiger partial charge in [0.05, 0.1) is 28.8 Å². The number of nitrogens with one attached hydrogen (secondary N) is 1. The molecule has 3 rings (SSSR count). The fourth-order valence-corrected chi connectivity index (χ4v) is 2.18. The standard InChI is InChI=1S/C17H13N5O/c1-12-11-19-21-22(12)15-8-6-13(7-9-15)17(23)20-16-5-3-2-4-14(16)10-18/h2-9,11H,1H3,(H,20,23). The summed E-state index contributed by atoms with van der Waals surface area (Å²) < 4.78 is 1.69. The molecule has 0 atom stereocenters. The Balaban J connectivity index is 1.81. The van der Waals surface area contributed by atoms with Crippen molar-refractivity contribution in [1.82, 2.24) is 15.0 Å². The summed E-state index contributed by atoms with van der Waals surface area (Å²) in [5.41, 5.74) is 3.16. The van der Waals surface area contributed by atoms with E-state index in [0.717, 1.165) is 11.4 Å². The Morgan fingerprint density at radius 3 is 2.57 bits per heavy atom. The lowest BCUT2D eigenvalue weighted by Gasteiger charge is -2.08. The van der Waals surface area contributed by atoms with Gasteiger partial charge in [0.25, 0.3) is 5.91 Å². The number of carbonyl (C=O) groups is 1. The SMILES string of the molecule is Cc1cnnn1-c1ccc(C(=O)Nc2ccccc2C#N)cc1. The number of hydrogen-bond acceptors (Lipinski definition) is 4. The van der Waals surface area contributed by atoms with Gasteiger partial charge in [-0.05, 0) is 43.3 Å². The first-order chi connectivity index (χ1) is 11.2. The molecule has 0 aliphatic heterocycles. The monoisotopic (exact) mass is 303 g/mol. The molecule has 0 saturated carbocycles. The summed E-state index contributed by atoms with van der Waals surface area (Å²) in [5, 5.41) is 19.6. The van der Waals surface area contributed by atoms with E-state index in [1.54, 1.807) is 59.4 Å². The van der Waals surface area contributed by atoms with Crippen LogP contribution in [0, 0.1) is 18.3 Å². The molecule has 1 N–H and O–H groups in total. The highest BCUT2D eigenvalue weighted by Crippen LogP contribution is 2.16. The van der Waals surface area contributed by atoms with Crippen LogP contribution in [0.15, 0.2) is 54.7 Å². The second-order valence-electron chi connectivity index (χ2n) is 4.95. The first-order valence-electron chi connectivity index (χ1n) is 6.97. The lowest BCUT2D eigenvalue weighted by Crippen LogP contribution is -2.13. The minimum absolute atomic E-state index is 0.269. The first kappa shape index (κ1) is 14.5. The number of aryl methyl sites for hydroxylation is 1. The van der Waals surface area contributed by atoms with Gasteiger partial charge in [0, 0.05) is 5.56 Å². The fourth-order valence-electron chi connectivity index (χ4n) is 2.18. The van der Waals surface area contributed by atoms with E-state index < -0.39 is 0 Å². The average molecular weight is 303 g/mol. The summed E-state index contributed by atoms with van der Waals surface area (Å²) in [6.45, 7) is 1.90. The van der Waals surface area contributed by atoms with Crippen LogP contribution in [-0.2, 0) is 0 Å². The van der Waals surface area contributed by atoms with Crippen molar-refractivity contribution in [3.63, 3.8) is 0 Å². The van der Waals surface area contributed by atoms with Crippen LogP contribution in [0.2, 0.25) is 0 Å². The molecule has 6 heteroatoms. The van der Waals surface area contributed by atoms with Crippen molar-refractivity contribution in [1.29, 1.82) is 5.26 Å². The molecule has 1 aromatic heterocycles. The third-order valence-corrected chi connectivity index (χ3v) is 3.39. The Morgan fingerprint density at radius 1 is 1.17 bits per heavy atom. The number of nitriles is 1. The van der Waals surface area contributed by atoms with Crippen LogP contribution in [0.3, 0.4) is 0 Å². The molecule has 0 aliphatic carbocycles. The molecule has 0 aliphatic rings. The van der Waals surface area contributed by atoms with Gasteiger partial charge < -0.3 is 5.32 Å². The van der Waals surface area contributed by atoms with Crippen LogP contribution in [-0.4, -0.2) is 20.9 Å². The molecule has 112 valence electrons. The number of hydrogen-bond donors (Lipinski definition) is 1. The fraction of sp³-hybridized carbons (Fsp3) is 0.0588. The summed E-state index contributed by atoms with van der Waals surface area (Å²) in [5.74, 6) is -0.269. The molecule has 6 nitrogen and oxygen atoms in total. The number of para-hydroxylation sites is 1. The summed E-state index contributed by atoms with van der Waals surface area (Å²) in [6, 6.07) is 15.9. The maximum absolute atomic E-state index is 12.3. The van der Waals surface area contributed by atoms with E-state index in [-0.39, 0.29) is 5.91 Å². The van der Waals surface area contributed by atoms with Gasteiger partial charge in [-0.15, -0.1) is 5.10 Å². The van der Waals surface area contributed by atoms with Gasteiger partial charge in [-0.1, -0.05) is 17.3 Å². The first-order valence-corrected chi connectivity index (χ1v) is 6.97. The number of anilines is 1. The Morgan fingerprint density at radius 2 is 1.91 bits per heavy atom. The number of amides is 1. The van der Waals surface area contributed by atoms with Gasteiger partial charge in [0.2, 0.25) is 0 Å². The molecule has 1 heterocycles. The van der Waals surface area contributed by atoms with E-state index in [1.165, 1.54) is 0 Å². The molecule has 23 heavy (non-hydrogen) atoms. The van der Waals surface area contributed by atoms with E-state index in [9.17, 15) is 4.79 Å². The summed E-state index contributed by atoms with van der Waals surface area (Å²) in [6.07, 6.45) is 1.67. The van der Waals surface area contributed by atoms with Crippen LogP contribution in [0.4, 0.5) is 5.69 Å². The highest BCUT2D eigenvalue weighted by molar-refractivity contribution is 6.05. The summed E-state index contributed by atoms with van der Waals surface area (Å²) in [7, 11) is 0. The summed E-state index contributed by atoms with van der Waals surface area (Å²) in [4.78, 5) is 12.3. The highest BCUT2D eigenvalue weighted by atomic mass is 16.1. The second kappa shape index (κ2) is 6.12. The predicted octanol–water partition coefficient (Wildman–Crippen LogP) is 2.70. The van der Waals surface area contributed by atoms with Gasteiger partial charge in [-0.25, -0.2) is 4.68 Å². The molecule has 0 unspecified atom stereocenters. The normalized spacial score (nSPS) is 10.1.